The first-order valence-electron chi connectivity index (χ1n) is 10.8. The van der Waals surface area contributed by atoms with Gasteiger partial charge < -0.3 is 9.64 Å². The van der Waals surface area contributed by atoms with Crippen molar-refractivity contribution in [2.24, 2.45) is 5.92 Å². The van der Waals surface area contributed by atoms with E-state index in [4.69, 9.17) is 4.74 Å². The van der Waals surface area contributed by atoms with Gasteiger partial charge in [0.25, 0.3) is 5.91 Å². The van der Waals surface area contributed by atoms with Crippen LogP contribution in [0.25, 0.3) is 5.69 Å². The minimum absolute atomic E-state index is 0.0510. The number of hydrogen-bond acceptors (Lipinski definition) is 5. The average molecular weight is 396 g/mol. The van der Waals surface area contributed by atoms with Gasteiger partial charge >= 0.3 is 0 Å². The molecule has 2 aliphatic heterocycles. The van der Waals surface area contributed by atoms with Gasteiger partial charge in [0.05, 0.1) is 30.6 Å². The molecule has 0 unspecified atom stereocenters. The second kappa shape index (κ2) is 7.54. The molecule has 2 fully saturated rings. The van der Waals surface area contributed by atoms with E-state index in [1.807, 2.05) is 23.4 Å². The van der Waals surface area contributed by atoms with Crippen molar-refractivity contribution in [3.8, 4) is 5.69 Å². The van der Waals surface area contributed by atoms with Crippen LogP contribution in [0.15, 0.2) is 18.2 Å². The number of amides is 1. The van der Waals surface area contributed by atoms with Crippen molar-refractivity contribution in [2.75, 3.05) is 32.8 Å². The monoisotopic (exact) mass is 395 g/mol. The summed E-state index contributed by atoms with van der Waals surface area (Å²) in [7, 11) is 0. The molecule has 5 rings (SSSR count). The summed E-state index contributed by atoms with van der Waals surface area (Å²) < 4.78 is 7.32. The fraction of sp³-hybridized carbons (Fsp3) is 0.591. The van der Waals surface area contributed by atoms with Gasteiger partial charge in [-0.1, -0.05) is 17.3 Å². The van der Waals surface area contributed by atoms with Crippen molar-refractivity contribution >= 4 is 5.91 Å². The summed E-state index contributed by atoms with van der Waals surface area (Å²) >= 11 is 0. The maximum absolute atomic E-state index is 13.1. The van der Waals surface area contributed by atoms with Crippen LogP contribution in [0.5, 0.6) is 0 Å². The van der Waals surface area contributed by atoms with Crippen molar-refractivity contribution in [1.29, 1.82) is 0 Å². The van der Waals surface area contributed by atoms with Crippen LogP contribution in [-0.2, 0) is 17.7 Å². The maximum Gasteiger partial charge on any atom is 0.276 e. The van der Waals surface area contributed by atoms with E-state index in [0.717, 1.165) is 36.8 Å². The molecule has 29 heavy (non-hydrogen) atoms. The predicted molar refractivity (Wildman–Crippen MR) is 109 cm³/mol. The van der Waals surface area contributed by atoms with Gasteiger partial charge in [-0.05, 0) is 56.2 Å². The number of rotatable bonds is 4. The SMILES string of the molecule is Cc1c(C(=O)N2CCOC[C@@H]2C)nnn1-c1cccc2c1CCN(CC1CC1)C2. The number of aromatic nitrogens is 3. The molecular formula is C22H29N5O2. The predicted octanol–water partition coefficient (Wildman–Crippen LogP) is 2.20. The summed E-state index contributed by atoms with van der Waals surface area (Å²) in [5.41, 5.74) is 5.03. The average Bonchev–Trinajstić information content (AvgIpc) is 3.46. The minimum atomic E-state index is -0.0510. The Bertz CT molecular complexity index is 920. The Balaban J connectivity index is 1.41. The maximum atomic E-state index is 13.1. The summed E-state index contributed by atoms with van der Waals surface area (Å²) in [4.78, 5) is 17.5. The fourth-order valence-corrected chi connectivity index (χ4v) is 4.59. The van der Waals surface area contributed by atoms with Gasteiger partial charge in [0.2, 0.25) is 0 Å². The molecule has 1 amide bonds. The summed E-state index contributed by atoms with van der Waals surface area (Å²) in [6.07, 6.45) is 3.79. The molecule has 0 spiro atoms. The van der Waals surface area contributed by atoms with Crippen LogP contribution in [-0.4, -0.2) is 69.6 Å². The van der Waals surface area contributed by atoms with E-state index < -0.39 is 0 Å². The Morgan fingerprint density at radius 1 is 1.28 bits per heavy atom. The number of hydrogen-bond donors (Lipinski definition) is 0. The molecule has 3 heterocycles. The van der Waals surface area contributed by atoms with E-state index in [9.17, 15) is 4.79 Å². The van der Waals surface area contributed by atoms with E-state index in [1.165, 1.54) is 30.5 Å². The zero-order chi connectivity index (χ0) is 20.0. The standard InChI is InChI=1S/C22H29N5O2/c1-15-14-29-11-10-26(15)22(28)21-16(2)27(24-23-21)20-5-3-4-18-13-25(9-8-19(18)20)12-17-6-7-17/h3-5,15,17H,6-14H2,1-2H3/t15-/m0/s1. The highest BCUT2D eigenvalue weighted by Crippen LogP contribution is 2.32. The lowest BCUT2D eigenvalue weighted by Gasteiger charge is -2.32. The highest BCUT2D eigenvalue weighted by atomic mass is 16.5. The number of nitrogens with zero attached hydrogens (tertiary/aromatic N) is 5. The Morgan fingerprint density at radius 3 is 2.93 bits per heavy atom. The van der Waals surface area contributed by atoms with Crippen molar-refractivity contribution in [3.05, 3.63) is 40.7 Å². The van der Waals surface area contributed by atoms with Gasteiger partial charge in [0, 0.05) is 26.2 Å². The van der Waals surface area contributed by atoms with Crippen LogP contribution in [0.2, 0.25) is 0 Å². The quantitative estimate of drug-likeness (QED) is 0.794. The molecule has 154 valence electrons. The van der Waals surface area contributed by atoms with Gasteiger partial charge in [0.15, 0.2) is 5.69 Å². The van der Waals surface area contributed by atoms with Crippen molar-refractivity contribution in [3.63, 3.8) is 0 Å². The number of benzene rings is 1. The lowest BCUT2D eigenvalue weighted by atomic mass is 9.97. The lowest BCUT2D eigenvalue weighted by Crippen LogP contribution is -2.47. The molecule has 0 bridgehead atoms. The Labute approximate surface area is 171 Å². The van der Waals surface area contributed by atoms with Crippen LogP contribution < -0.4 is 0 Å². The molecule has 7 nitrogen and oxygen atoms in total. The first kappa shape index (κ1) is 18.8. The highest BCUT2D eigenvalue weighted by molar-refractivity contribution is 5.93. The number of fused-ring (bicyclic) bond motifs is 1. The number of carbonyl (C=O) groups is 1. The number of morpholine rings is 1. The Hall–Kier alpha value is -2.25. The molecular weight excluding hydrogens is 366 g/mol. The second-order valence-electron chi connectivity index (χ2n) is 8.70. The molecule has 7 heteroatoms. The molecule has 1 aromatic carbocycles. The van der Waals surface area contributed by atoms with Crippen molar-refractivity contribution < 1.29 is 9.53 Å². The molecule has 1 saturated heterocycles. The van der Waals surface area contributed by atoms with E-state index in [2.05, 4.69) is 33.4 Å². The number of carbonyl (C=O) groups excluding carboxylic acids is 1. The lowest BCUT2D eigenvalue weighted by molar-refractivity contribution is 0.00322. The fourth-order valence-electron chi connectivity index (χ4n) is 4.59. The normalized spacial score (nSPS) is 22.6. The zero-order valence-electron chi connectivity index (χ0n) is 17.3. The van der Waals surface area contributed by atoms with Crippen LogP contribution >= 0.6 is 0 Å². The second-order valence-corrected chi connectivity index (χ2v) is 8.70. The van der Waals surface area contributed by atoms with Gasteiger partial charge in [-0.15, -0.1) is 5.10 Å². The Kier molecular flexibility index (Phi) is 4.87. The summed E-state index contributed by atoms with van der Waals surface area (Å²) in [5, 5.41) is 8.67. The molecule has 1 aromatic heterocycles. The van der Waals surface area contributed by atoms with E-state index in [-0.39, 0.29) is 11.9 Å². The summed E-state index contributed by atoms with van der Waals surface area (Å²) in [6, 6.07) is 6.48. The van der Waals surface area contributed by atoms with Gasteiger partial charge in [0.1, 0.15) is 0 Å². The van der Waals surface area contributed by atoms with Crippen molar-refractivity contribution in [2.45, 2.75) is 45.7 Å². The molecule has 0 radical (unpaired) electrons. The van der Waals surface area contributed by atoms with Crippen LogP contribution in [0.1, 0.15) is 47.1 Å². The molecule has 1 aliphatic carbocycles. The summed E-state index contributed by atoms with van der Waals surface area (Å²) in [6.45, 7) is 9.02. The van der Waals surface area contributed by atoms with Crippen LogP contribution in [0.3, 0.4) is 0 Å². The number of ether oxygens (including phenoxy) is 1. The van der Waals surface area contributed by atoms with E-state index in [1.54, 1.807) is 0 Å². The van der Waals surface area contributed by atoms with Gasteiger partial charge in [-0.3, -0.25) is 9.69 Å². The molecule has 1 saturated carbocycles. The molecule has 1 atom stereocenters. The minimum Gasteiger partial charge on any atom is -0.377 e. The first-order valence-corrected chi connectivity index (χ1v) is 10.8. The van der Waals surface area contributed by atoms with E-state index >= 15 is 0 Å². The van der Waals surface area contributed by atoms with Gasteiger partial charge in [-0.25, -0.2) is 4.68 Å². The topological polar surface area (TPSA) is 63.5 Å². The van der Waals surface area contributed by atoms with Gasteiger partial charge in [-0.2, -0.15) is 0 Å². The third kappa shape index (κ3) is 3.57. The third-order valence-corrected chi connectivity index (χ3v) is 6.49. The summed E-state index contributed by atoms with van der Waals surface area (Å²) in [5.74, 6) is 0.860. The van der Waals surface area contributed by atoms with Crippen LogP contribution in [0.4, 0.5) is 0 Å². The first-order chi connectivity index (χ1) is 14.1. The van der Waals surface area contributed by atoms with Crippen LogP contribution in [0, 0.1) is 12.8 Å². The highest BCUT2D eigenvalue weighted by Gasteiger charge is 2.30. The smallest absolute Gasteiger partial charge is 0.276 e. The third-order valence-electron chi connectivity index (χ3n) is 6.49. The largest absolute Gasteiger partial charge is 0.377 e. The van der Waals surface area contributed by atoms with Crippen molar-refractivity contribution in [1.82, 2.24) is 24.8 Å². The van der Waals surface area contributed by atoms with E-state index in [0.29, 0.717) is 25.5 Å². The zero-order valence-corrected chi connectivity index (χ0v) is 17.3. The molecule has 2 aromatic rings. The molecule has 0 N–H and O–H groups in total. The Morgan fingerprint density at radius 2 is 2.14 bits per heavy atom. The molecule has 3 aliphatic rings.